The van der Waals surface area contributed by atoms with Crippen molar-refractivity contribution in [2.24, 2.45) is 0 Å². The van der Waals surface area contributed by atoms with Gasteiger partial charge in [0.25, 0.3) is 5.91 Å². The maximum absolute atomic E-state index is 12.2. The highest BCUT2D eigenvalue weighted by atomic mass is 79.9. The Bertz CT molecular complexity index is 640. The fourth-order valence-corrected chi connectivity index (χ4v) is 2.44. The van der Waals surface area contributed by atoms with Crippen LogP contribution in [0.1, 0.15) is 24.2 Å². The van der Waals surface area contributed by atoms with Gasteiger partial charge < -0.3 is 10.2 Å². The van der Waals surface area contributed by atoms with E-state index in [1.54, 1.807) is 0 Å². The van der Waals surface area contributed by atoms with E-state index in [2.05, 4.69) is 53.1 Å². The van der Waals surface area contributed by atoms with Crippen LogP contribution in [0.3, 0.4) is 0 Å². The van der Waals surface area contributed by atoms with Gasteiger partial charge in [-0.3, -0.25) is 4.79 Å². The van der Waals surface area contributed by atoms with Gasteiger partial charge in [-0.2, -0.15) is 0 Å². The molecular weight excluding hydrogens is 328 g/mol. The minimum atomic E-state index is -0.0167. The van der Waals surface area contributed by atoms with Crippen LogP contribution in [-0.4, -0.2) is 37.0 Å². The molecule has 21 heavy (non-hydrogen) atoms. The lowest BCUT2D eigenvalue weighted by Gasteiger charge is -2.20. The summed E-state index contributed by atoms with van der Waals surface area (Å²) in [4.78, 5) is 14.4. The Balaban J connectivity index is 2.01. The van der Waals surface area contributed by atoms with Gasteiger partial charge in [0.05, 0.1) is 0 Å². The van der Waals surface area contributed by atoms with Gasteiger partial charge >= 0.3 is 0 Å². The Morgan fingerprint density at radius 1 is 1.19 bits per heavy atom. The number of likely N-dealkylation sites (N-methyl/N-ethyl adjacent to an activating group) is 1. The number of carbonyl (C=O) groups excluding carboxylic acids is 1. The number of halogens is 1. The molecule has 0 aliphatic rings. The first-order chi connectivity index (χ1) is 9.97. The van der Waals surface area contributed by atoms with E-state index in [-0.39, 0.29) is 5.91 Å². The van der Waals surface area contributed by atoms with Crippen molar-refractivity contribution in [2.45, 2.75) is 19.9 Å². The van der Waals surface area contributed by atoms with Crippen molar-refractivity contribution >= 4 is 32.6 Å². The van der Waals surface area contributed by atoms with Crippen molar-refractivity contribution in [1.29, 1.82) is 0 Å². The molecule has 0 saturated heterocycles. The van der Waals surface area contributed by atoms with E-state index in [9.17, 15) is 4.79 Å². The lowest BCUT2D eigenvalue weighted by atomic mass is 10.1. The molecule has 2 aromatic carbocycles. The summed E-state index contributed by atoms with van der Waals surface area (Å²) >= 11 is 3.46. The number of nitrogens with zero attached hydrogens (tertiary/aromatic N) is 1. The second-order valence-corrected chi connectivity index (χ2v) is 6.45. The standard InChI is InChI=1S/C17H21BrN2O/c1-12(2)20(3)9-8-19-17(21)15-5-4-14-11-16(18)7-6-13(14)10-15/h4-7,10-12H,8-9H2,1-3H3,(H,19,21). The quantitative estimate of drug-likeness (QED) is 0.893. The Labute approximate surface area is 134 Å². The third kappa shape index (κ3) is 4.29. The van der Waals surface area contributed by atoms with Crippen LogP contribution >= 0.6 is 15.9 Å². The summed E-state index contributed by atoms with van der Waals surface area (Å²) in [5, 5.41) is 5.17. The second-order valence-electron chi connectivity index (χ2n) is 5.54. The van der Waals surface area contributed by atoms with E-state index in [1.165, 1.54) is 0 Å². The van der Waals surface area contributed by atoms with E-state index in [0.717, 1.165) is 21.8 Å². The molecule has 0 radical (unpaired) electrons. The smallest absolute Gasteiger partial charge is 0.251 e. The normalized spacial score (nSPS) is 11.3. The average Bonchev–Trinajstić information content (AvgIpc) is 2.46. The van der Waals surface area contributed by atoms with Gasteiger partial charge in [0.1, 0.15) is 0 Å². The highest BCUT2D eigenvalue weighted by molar-refractivity contribution is 9.10. The van der Waals surface area contributed by atoms with Gasteiger partial charge in [0.2, 0.25) is 0 Å². The molecule has 0 fully saturated rings. The highest BCUT2D eigenvalue weighted by Crippen LogP contribution is 2.20. The number of rotatable bonds is 5. The largest absolute Gasteiger partial charge is 0.351 e. The SMILES string of the molecule is CC(C)N(C)CCNC(=O)c1ccc2cc(Br)ccc2c1. The van der Waals surface area contributed by atoms with Gasteiger partial charge in [0, 0.05) is 29.2 Å². The molecule has 0 unspecified atom stereocenters. The summed E-state index contributed by atoms with van der Waals surface area (Å²) in [7, 11) is 2.06. The van der Waals surface area contributed by atoms with Crippen molar-refractivity contribution in [2.75, 3.05) is 20.1 Å². The van der Waals surface area contributed by atoms with Crippen molar-refractivity contribution in [3.8, 4) is 0 Å². The molecule has 2 rings (SSSR count). The Kier molecular flexibility index (Phi) is 5.37. The maximum Gasteiger partial charge on any atom is 0.251 e. The van der Waals surface area contributed by atoms with Crippen molar-refractivity contribution in [1.82, 2.24) is 10.2 Å². The molecule has 0 bridgehead atoms. The molecule has 0 atom stereocenters. The number of hydrogen-bond acceptors (Lipinski definition) is 2. The van der Waals surface area contributed by atoms with E-state index in [0.29, 0.717) is 18.2 Å². The molecule has 4 heteroatoms. The summed E-state index contributed by atoms with van der Waals surface area (Å²) in [6, 6.07) is 12.3. The summed E-state index contributed by atoms with van der Waals surface area (Å²) in [5.74, 6) is -0.0167. The zero-order valence-electron chi connectivity index (χ0n) is 12.7. The zero-order chi connectivity index (χ0) is 15.4. The minimum Gasteiger partial charge on any atom is -0.351 e. The molecule has 0 saturated carbocycles. The Morgan fingerprint density at radius 2 is 1.86 bits per heavy atom. The van der Waals surface area contributed by atoms with Crippen LogP contribution in [0.15, 0.2) is 40.9 Å². The second kappa shape index (κ2) is 7.05. The van der Waals surface area contributed by atoms with Crippen LogP contribution in [0.5, 0.6) is 0 Å². The lowest BCUT2D eigenvalue weighted by molar-refractivity contribution is 0.0948. The van der Waals surface area contributed by atoms with Crippen molar-refractivity contribution in [3.05, 3.63) is 46.4 Å². The summed E-state index contributed by atoms with van der Waals surface area (Å²) in [6.45, 7) is 5.79. The third-order valence-electron chi connectivity index (χ3n) is 3.70. The van der Waals surface area contributed by atoms with Gasteiger partial charge in [-0.05, 0) is 55.9 Å². The number of nitrogens with one attached hydrogen (secondary N) is 1. The molecule has 0 heterocycles. The van der Waals surface area contributed by atoms with E-state index in [4.69, 9.17) is 0 Å². The van der Waals surface area contributed by atoms with Crippen molar-refractivity contribution in [3.63, 3.8) is 0 Å². The molecule has 0 aliphatic carbocycles. The Hall–Kier alpha value is -1.39. The third-order valence-corrected chi connectivity index (χ3v) is 4.19. The predicted molar refractivity (Wildman–Crippen MR) is 91.7 cm³/mol. The maximum atomic E-state index is 12.2. The minimum absolute atomic E-state index is 0.0167. The van der Waals surface area contributed by atoms with Crippen LogP contribution in [0, 0.1) is 0 Å². The fourth-order valence-electron chi connectivity index (χ4n) is 2.06. The van der Waals surface area contributed by atoms with E-state index < -0.39 is 0 Å². The number of benzene rings is 2. The first-order valence-corrected chi connectivity index (χ1v) is 7.94. The summed E-state index contributed by atoms with van der Waals surface area (Å²) in [5.41, 5.74) is 0.706. The van der Waals surface area contributed by atoms with Crippen LogP contribution in [-0.2, 0) is 0 Å². The molecule has 3 nitrogen and oxygen atoms in total. The highest BCUT2D eigenvalue weighted by Gasteiger charge is 2.07. The number of carbonyl (C=O) groups is 1. The van der Waals surface area contributed by atoms with Gasteiger partial charge in [-0.15, -0.1) is 0 Å². The van der Waals surface area contributed by atoms with Gasteiger partial charge in [-0.25, -0.2) is 0 Å². The van der Waals surface area contributed by atoms with Crippen LogP contribution in [0.2, 0.25) is 0 Å². The van der Waals surface area contributed by atoms with Crippen LogP contribution in [0.25, 0.3) is 10.8 Å². The summed E-state index contributed by atoms with van der Waals surface area (Å²) < 4.78 is 1.05. The summed E-state index contributed by atoms with van der Waals surface area (Å²) in [6.07, 6.45) is 0. The molecular formula is C17H21BrN2O. The van der Waals surface area contributed by atoms with E-state index >= 15 is 0 Å². The first kappa shape index (κ1) is 16.0. The number of amides is 1. The average molecular weight is 349 g/mol. The zero-order valence-corrected chi connectivity index (χ0v) is 14.3. The molecule has 2 aromatic rings. The predicted octanol–water partition coefficient (Wildman–Crippen LogP) is 3.67. The molecule has 0 aliphatic heterocycles. The van der Waals surface area contributed by atoms with E-state index in [1.807, 2.05) is 30.3 Å². The Morgan fingerprint density at radius 3 is 2.57 bits per heavy atom. The molecule has 1 amide bonds. The van der Waals surface area contributed by atoms with Crippen molar-refractivity contribution < 1.29 is 4.79 Å². The molecule has 0 spiro atoms. The number of fused-ring (bicyclic) bond motifs is 1. The van der Waals surface area contributed by atoms with Gasteiger partial charge in [-0.1, -0.05) is 28.1 Å². The first-order valence-electron chi connectivity index (χ1n) is 7.15. The fraction of sp³-hybridized carbons (Fsp3) is 0.353. The topological polar surface area (TPSA) is 32.3 Å². The van der Waals surface area contributed by atoms with Crippen LogP contribution < -0.4 is 5.32 Å². The number of hydrogen-bond donors (Lipinski definition) is 1. The monoisotopic (exact) mass is 348 g/mol. The molecule has 112 valence electrons. The van der Waals surface area contributed by atoms with Crippen LogP contribution in [0.4, 0.5) is 0 Å². The van der Waals surface area contributed by atoms with Gasteiger partial charge in [0.15, 0.2) is 0 Å². The lowest BCUT2D eigenvalue weighted by Crippen LogP contribution is -2.36. The molecule has 0 aromatic heterocycles. The molecule has 1 N–H and O–H groups in total.